The summed E-state index contributed by atoms with van der Waals surface area (Å²) in [6.07, 6.45) is 5.75. The highest BCUT2D eigenvalue weighted by Crippen LogP contribution is 2.35. The molecule has 1 aliphatic heterocycles. The van der Waals surface area contributed by atoms with E-state index in [0.29, 0.717) is 12.3 Å². The maximum absolute atomic E-state index is 11.3. The molecule has 6 nitrogen and oxygen atoms in total. The Morgan fingerprint density at radius 3 is 3.19 bits per heavy atom. The summed E-state index contributed by atoms with van der Waals surface area (Å²) in [4.78, 5) is 18.4. The third kappa shape index (κ3) is 2.89. The summed E-state index contributed by atoms with van der Waals surface area (Å²) >= 11 is 0. The van der Waals surface area contributed by atoms with Gasteiger partial charge in [-0.3, -0.25) is 5.32 Å². The van der Waals surface area contributed by atoms with Crippen molar-refractivity contribution >= 4 is 23.4 Å². The van der Waals surface area contributed by atoms with E-state index in [0.717, 1.165) is 29.0 Å². The molecule has 6 heteroatoms. The van der Waals surface area contributed by atoms with Crippen molar-refractivity contribution in [2.75, 3.05) is 19.0 Å². The zero-order chi connectivity index (χ0) is 14.7. The van der Waals surface area contributed by atoms with Crippen molar-refractivity contribution < 1.29 is 14.3 Å². The van der Waals surface area contributed by atoms with Crippen LogP contribution < -0.4 is 10.1 Å². The van der Waals surface area contributed by atoms with Gasteiger partial charge in [-0.1, -0.05) is 0 Å². The molecule has 0 atom stereocenters. The summed E-state index contributed by atoms with van der Waals surface area (Å²) in [6, 6.07) is 5.52. The largest absolute Gasteiger partial charge is 0.493 e. The van der Waals surface area contributed by atoms with Crippen LogP contribution in [-0.4, -0.2) is 29.8 Å². The predicted molar refractivity (Wildman–Crippen MR) is 79.0 cm³/mol. The van der Waals surface area contributed by atoms with Gasteiger partial charge in [0.15, 0.2) is 0 Å². The van der Waals surface area contributed by atoms with Crippen LogP contribution in [0.3, 0.4) is 0 Å². The fourth-order valence-corrected chi connectivity index (χ4v) is 2.24. The van der Waals surface area contributed by atoms with Crippen molar-refractivity contribution in [2.24, 2.45) is 0 Å². The Balaban J connectivity index is 1.95. The minimum absolute atomic E-state index is 0.495. The molecule has 1 aliphatic rings. The number of imidazole rings is 1. The number of hydrogen-bond acceptors (Lipinski definition) is 4. The first-order chi connectivity index (χ1) is 10.3. The van der Waals surface area contributed by atoms with Gasteiger partial charge in [0.2, 0.25) is 0 Å². The smallest absolute Gasteiger partial charge is 0.411 e. The van der Waals surface area contributed by atoms with Crippen LogP contribution in [0.15, 0.2) is 30.7 Å². The summed E-state index contributed by atoms with van der Waals surface area (Å²) in [5.41, 5.74) is 3.70. The molecule has 0 saturated carbocycles. The Morgan fingerprint density at radius 2 is 2.43 bits per heavy atom. The number of aromatic amines is 1. The Bertz CT molecular complexity index is 677. The number of carbonyl (C=O) groups excluding carboxylic acids is 1. The SMILES string of the molecule is COC(=O)Nc1ccc2c(c1)C(=Cc1cnc[nH]1)CCO2. The van der Waals surface area contributed by atoms with E-state index in [-0.39, 0.29) is 0 Å². The number of hydrogen-bond donors (Lipinski definition) is 2. The first kappa shape index (κ1) is 13.2. The highest BCUT2D eigenvalue weighted by Gasteiger charge is 2.16. The molecule has 1 aromatic carbocycles. The van der Waals surface area contributed by atoms with Crippen LogP contribution in [0.5, 0.6) is 5.75 Å². The molecule has 0 saturated heterocycles. The maximum atomic E-state index is 11.3. The molecule has 1 amide bonds. The number of benzene rings is 1. The quantitative estimate of drug-likeness (QED) is 0.889. The van der Waals surface area contributed by atoms with Crippen LogP contribution >= 0.6 is 0 Å². The van der Waals surface area contributed by atoms with Gasteiger partial charge in [0.1, 0.15) is 5.75 Å². The zero-order valence-electron chi connectivity index (χ0n) is 11.6. The summed E-state index contributed by atoms with van der Waals surface area (Å²) in [7, 11) is 1.33. The van der Waals surface area contributed by atoms with Gasteiger partial charge in [0, 0.05) is 17.7 Å². The number of rotatable bonds is 2. The molecule has 2 aromatic rings. The van der Waals surface area contributed by atoms with Crippen molar-refractivity contribution in [3.8, 4) is 5.75 Å². The molecule has 0 aliphatic carbocycles. The van der Waals surface area contributed by atoms with Gasteiger partial charge in [-0.2, -0.15) is 0 Å². The highest BCUT2D eigenvalue weighted by molar-refractivity contribution is 5.89. The molecule has 2 N–H and O–H groups in total. The number of ether oxygens (including phenoxy) is 2. The topological polar surface area (TPSA) is 76.2 Å². The predicted octanol–water partition coefficient (Wildman–Crippen LogP) is 2.91. The molecule has 1 aromatic heterocycles. The number of anilines is 1. The molecular formula is C15H15N3O3. The molecule has 0 radical (unpaired) electrons. The van der Waals surface area contributed by atoms with Gasteiger partial charge in [0.05, 0.1) is 31.9 Å². The molecule has 21 heavy (non-hydrogen) atoms. The van der Waals surface area contributed by atoms with Crippen molar-refractivity contribution in [1.29, 1.82) is 0 Å². The molecule has 0 fully saturated rings. The summed E-state index contributed by atoms with van der Waals surface area (Å²) < 4.78 is 10.2. The Hall–Kier alpha value is -2.76. The van der Waals surface area contributed by atoms with Crippen LogP contribution in [0.2, 0.25) is 0 Å². The first-order valence-electron chi connectivity index (χ1n) is 6.57. The molecule has 108 valence electrons. The van der Waals surface area contributed by atoms with E-state index in [1.165, 1.54) is 7.11 Å². The number of nitrogens with one attached hydrogen (secondary N) is 2. The summed E-state index contributed by atoms with van der Waals surface area (Å²) in [5, 5.41) is 2.66. The van der Waals surface area contributed by atoms with Gasteiger partial charge in [-0.15, -0.1) is 0 Å². The molecular weight excluding hydrogens is 270 g/mol. The van der Waals surface area contributed by atoms with Gasteiger partial charge >= 0.3 is 6.09 Å². The third-order valence-corrected chi connectivity index (χ3v) is 3.24. The number of nitrogens with zero attached hydrogens (tertiary/aromatic N) is 1. The summed E-state index contributed by atoms with van der Waals surface area (Å²) in [5.74, 6) is 0.808. The molecule has 0 unspecified atom stereocenters. The van der Waals surface area contributed by atoms with Gasteiger partial charge in [-0.05, 0) is 29.8 Å². The Labute approximate surface area is 121 Å². The van der Waals surface area contributed by atoms with Crippen LogP contribution in [-0.2, 0) is 4.74 Å². The van der Waals surface area contributed by atoms with E-state index in [1.807, 2.05) is 18.2 Å². The van der Waals surface area contributed by atoms with Gasteiger partial charge in [0.25, 0.3) is 0 Å². The van der Waals surface area contributed by atoms with Crippen molar-refractivity contribution in [3.05, 3.63) is 42.0 Å². The normalized spacial score (nSPS) is 15.2. The van der Waals surface area contributed by atoms with E-state index in [2.05, 4.69) is 20.0 Å². The average molecular weight is 285 g/mol. The van der Waals surface area contributed by atoms with Gasteiger partial charge < -0.3 is 14.5 Å². The fourth-order valence-electron chi connectivity index (χ4n) is 2.24. The van der Waals surface area contributed by atoms with Crippen LogP contribution in [0.1, 0.15) is 17.7 Å². The fraction of sp³-hybridized carbons (Fsp3) is 0.200. The number of carbonyl (C=O) groups is 1. The summed E-state index contributed by atoms with van der Waals surface area (Å²) in [6.45, 7) is 0.636. The third-order valence-electron chi connectivity index (χ3n) is 3.24. The molecule has 0 bridgehead atoms. The lowest BCUT2D eigenvalue weighted by molar-refractivity contribution is 0.187. The highest BCUT2D eigenvalue weighted by atomic mass is 16.5. The number of aromatic nitrogens is 2. The monoisotopic (exact) mass is 285 g/mol. The van der Waals surface area contributed by atoms with Crippen LogP contribution in [0, 0.1) is 0 Å². The van der Waals surface area contributed by atoms with Crippen molar-refractivity contribution in [2.45, 2.75) is 6.42 Å². The number of H-pyrrole nitrogens is 1. The lowest BCUT2D eigenvalue weighted by Crippen LogP contribution is -2.12. The number of methoxy groups -OCH3 is 1. The lowest BCUT2D eigenvalue weighted by Gasteiger charge is -2.21. The van der Waals surface area contributed by atoms with E-state index in [9.17, 15) is 4.79 Å². The molecule has 2 heterocycles. The Morgan fingerprint density at radius 1 is 1.52 bits per heavy atom. The molecule has 0 spiro atoms. The van der Waals surface area contributed by atoms with Crippen LogP contribution in [0.25, 0.3) is 11.6 Å². The van der Waals surface area contributed by atoms with Crippen molar-refractivity contribution in [3.63, 3.8) is 0 Å². The minimum Gasteiger partial charge on any atom is -0.493 e. The standard InChI is InChI=1S/C15H15N3O3/c1-20-15(19)18-11-2-3-14-13(7-11)10(4-5-21-14)6-12-8-16-9-17-12/h2-3,6-9H,4-5H2,1H3,(H,16,17)(H,18,19). The van der Waals surface area contributed by atoms with Gasteiger partial charge in [-0.25, -0.2) is 9.78 Å². The second-order valence-electron chi connectivity index (χ2n) is 4.60. The lowest BCUT2D eigenvalue weighted by atomic mass is 9.98. The van der Waals surface area contributed by atoms with E-state index >= 15 is 0 Å². The second-order valence-corrected chi connectivity index (χ2v) is 4.60. The second kappa shape index (κ2) is 5.70. The van der Waals surface area contributed by atoms with Crippen molar-refractivity contribution in [1.82, 2.24) is 9.97 Å². The average Bonchev–Trinajstić information content (AvgIpc) is 3.01. The maximum Gasteiger partial charge on any atom is 0.411 e. The first-order valence-corrected chi connectivity index (χ1v) is 6.57. The molecule has 3 rings (SSSR count). The van der Waals surface area contributed by atoms with Crippen LogP contribution in [0.4, 0.5) is 10.5 Å². The van der Waals surface area contributed by atoms with E-state index in [4.69, 9.17) is 4.74 Å². The van der Waals surface area contributed by atoms with E-state index < -0.39 is 6.09 Å². The number of fused-ring (bicyclic) bond motifs is 1. The zero-order valence-corrected chi connectivity index (χ0v) is 11.6. The minimum atomic E-state index is -0.495. The van der Waals surface area contributed by atoms with E-state index in [1.54, 1.807) is 18.6 Å². The Kier molecular flexibility index (Phi) is 3.59. The number of amides is 1.